The van der Waals surface area contributed by atoms with Crippen LogP contribution in [0.1, 0.15) is 43.6 Å². The molecule has 0 saturated carbocycles. The lowest BCUT2D eigenvalue weighted by molar-refractivity contribution is 0.0643. The Morgan fingerprint density at radius 2 is 1.74 bits per heavy atom. The summed E-state index contributed by atoms with van der Waals surface area (Å²) in [5.41, 5.74) is 3.07. The van der Waals surface area contributed by atoms with Crippen LogP contribution in [0.4, 0.5) is 11.5 Å². The number of piperazine rings is 1. The summed E-state index contributed by atoms with van der Waals surface area (Å²) in [6, 6.07) is 12.0. The first-order valence-electron chi connectivity index (χ1n) is 9.72. The van der Waals surface area contributed by atoms with Gasteiger partial charge in [-0.2, -0.15) is 0 Å². The van der Waals surface area contributed by atoms with Crippen molar-refractivity contribution < 1.29 is 4.79 Å². The summed E-state index contributed by atoms with van der Waals surface area (Å²) in [6.07, 6.45) is 1.70. The molecule has 3 rings (SSSR count). The van der Waals surface area contributed by atoms with Gasteiger partial charge in [-0.15, -0.1) is 0 Å². The molecule has 1 aromatic carbocycles. The number of rotatable bonds is 4. The van der Waals surface area contributed by atoms with E-state index in [9.17, 15) is 4.79 Å². The second-order valence-electron chi connectivity index (χ2n) is 8.11. The maximum absolute atomic E-state index is 12.8. The Balaban J connectivity index is 1.67. The number of amides is 1. The number of nitrogens with one attached hydrogen (secondary N) is 1. The molecule has 2 heterocycles. The smallest absolute Gasteiger partial charge is 0.254 e. The Kier molecular flexibility index (Phi) is 5.80. The SMILES string of the molecule is CCN1CCN(C(=O)c2ccnc(Nc3ccc(C(C)(C)C)cc3)c2)CC1. The van der Waals surface area contributed by atoms with Crippen LogP contribution in [0.3, 0.4) is 0 Å². The third kappa shape index (κ3) is 4.86. The number of hydrogen-bond acceptors (Lipinski definition) is 4. The van der Waals surface area contributed by atoms with Crippen LogP contribution in [0.25, 0.3) is 0 Å². The van der Waals surface area contributed by atoms with Gasteiger partial charge in [0.1, 0.15) is 5.82 Å². The summed E-state index contributed by atoms with van der Waals surface area (Å²) in [7, 11) is 0. The van der Waals surface area contributed by atoms with Crippen LogP contribution in [0.2, 0.25) is 0 Å². The molecule has 0 spiro atoms. The van der Waals surface area contributed by atoms with E-state index in [-0.39, 0.29) is 11.3 Å². The molecule has 1 fully saturated rings. The van der Waals surface area contributed by atoms with E-state index in [0.29, 0.717) is 11.4 Å². The largest absolute Gasteiger partial charge is 0.340 e. The van der Waals surface area contributed by atoms with Gasteiger partial charge in [0.05, 0.1) is 0 Å². The zero-order chi connectivity index (χ0) is 19.4. The molecule has 1 N–H and O–H groups in total. The van der Waals surface area contributed by atoms with Gasteiger partial charge in [0.25, 0.3) is 5.91 Å². The quantitative estimate of drug-likeness (QED) is 0.891. The molecule has 144 valence electrons. The van der Waals surface area contributed by atoms with E-state index in [2.05, 4.69) is 67.2 Å². The van der Waals surface area contributed by atoms with Gasteiger partial charge in [0.15, 0.2) is 0 Å². The van der Waals surface area contributed by atoms with Gasteiger partial charge in [-0.1, -0.05) is 39.8 Å². The molecule has 0 unspecified atom stereocenters. The molecule has 1 aliphatic heterocycles. The lowest BCUT2D eigenvalue weighted by atomic mass is 9.87. The predicted molar refractivity (Wildman–Crippen MR) is 111 cm³/mol. The Bertz CT molecular complexity index is 772. The molecule has 0 radical (unpaired) electrons. The first kappa shape index (κ1) is 19.4. The number of carbonyl (C=O) groups excluding carboxylic acids is 1. The van der Waals surface area contributed by atoms with Crippen molar-refractivity contribution in [2.45, 2.75) is 33.1 Å². The molecule has 1 amide bonds. The minimum absolute atomic E-state index is 0.0827. The maximum Gasteiger partial charge on any atom is 0.254 e. The zero-order valence-electron chi connectivity index (χ0n) is 16.8. The average molecular weight is 367 g/mol. The number of likely N-dealkylation sites (N-methyl/N-ethyl adjacent to an activating group) is 1. The number of nitrogens with zero attached hydrogens (tertiary/aromatic N) is 3. The Morgan fingerprint density at radius 1 is 1.07 bits per heavy atom. The fourth-order valence-electron chi connectivity index (χ4n) is 3.28. The van der Waals surface area contributed by atoms with E-state index in [1.54, 1.807) is 12.3 Å². The lowest BCUT2D eigenvalue weighted by Gasteiger charge is -2.34. The van der Waals surface area contributed by atoms with Crippen LogP contribution < -0.4 is 5.32 Å². The van der Waals surface area contributed by atoms with Crippen molar-refractivity contribution in [2.24, 2.45) is 0 Å². The summed E-state index contributed by atoms with van der Waals surface area (Å²) < 4.78 is 0. The molecule has 0 aliphatic carbocycles. The minimum Gasteiger partial charge on any atom is -0.340 e. The number of anilines is 2. The monoisotopic (exact) mass is 366 g/mol. The summed E-state index contributed by atoms with van der Waals surface area (Å²) >= 11 is 0. The highest BCUT2D eigenvalue weighted by Crippen LogP contribution is 2.24. The Hall–Kier alpha value is -2.40. The molecule has 5 heteroatoms. The molecular formula is C22H30N4O. The van der Waals surface area contributed by atoms with Crippen molar-refractivity contribution in [1.29, 1.82) is 0 Å². The normalized spacial score (nSPS) is 15.6. The molecule has 27 heavy (non-hydrogen) atoms. The summed E-state index contributed by atoms with van der Waals surface area (Å²) in [5.74, 6) is 0.774. The zero-order valence-corrected chi connectivity index (χ0v) is 16.8. The van der Waals surface area contributed by atoms with Crippen LogP contribution in [0, 0.1) is 0 Å². The fraction of sp³-hybridized carbons (Fsp3) is 0.455. The van der Waals surface area contributed by atoms with E-state index in [4.69, 9.17) is 0 Å². The standard InChI is InChI=1S/C22H30N4O/c1-5-25-12-14-26(15-13-25)21(27)17-10-11-23-20(16-17)24-19-8-6-18(7-9-19)22(2,3)4/h6-11,16H,5,12-15H2,1-4H3,(H,23,24). The van der Waals surface area contributed by atoms with Gasteiger partial charge >= 0.3 is 0 Å². The second-order valence-corrected chi connectivity index (χ2v) is 8.11. The van der Waals surface area contributed by atoms with Gasteiger partial charge < -0.3 is 15.1 Å². The van der Waals surface area contributed by atoms with Gasteiger partial charge in [0.2, 0.25) is 0 Å². The summed E-state index contributed by atoms with van der Waals surface area (Å²) in [5, 5.41) is 3.31. The highest BCUT2D eigenvalue weighted by Gasteiger charge is 2.21. The van der Waals surface area contributed by atoms with Crippen LogP contribution in [-0.2, 0) is 5.41 Å². The van der Waals surface area contributed by atoms with Crippen molar-refractivity contribution in [3.05, 3.63) is 53.7 Å². The summed E-state index contributed by atoms with van der Waals surface area (Å²) in [6.45, 7) is 13.3. The van der Waals surface area contributed by atoms with Crippen LogP contribution in [0.5, 0.6) is 0 Å². The van der Waals surface area contributed by atoms with Crippen LogP contribution in [0.15, 0.2) is 42.6 Å². The predicted octanol–water partition coefficient (Wildman–Crippen LogP) is 3.90. The topological polar surface area (TPSA) is 48.5 Å². The maximum atomic E-state index is 12.8. The molecular weight excluding hydrogens is 336 g/mol. The molecule has 0 bridgehead atoms. The van der Waals surface area contributed by atoms with Gasteiger partial charge in [0, 0.05) is 43.6 Å². The molecule has 5 nitrogen and oxygen atoms in total. The van der Waals surface area contributed by atoms with E-state index in [0.717, 1.165) is 38.4 Å². The van der Waals surface area contributed by atoms with Crippen molar-refractivity contribution >= 4 is 17.4 Å². The number of pyridine rings is 1. The molecule has 1 aromatic heterocycles. The minimum atomic E-state index is 0.0827. The molecule has 2 aromatic rings. The summed E-state index contributed by atoms with van der Waals surface area (Å²) in [4.78, 5) is 21.5. The Morgan fingerprint density at radius 3 is 2.33 bits per heavy atom. The second kappa shape index (κ2) is 8.09. The lowest BCUT2D eigenvalue weighted by Crippen LogP contribution is -2.48. The van der Waals surface area contributed by atoms with E-state index in [1.807, 2.05) is 11.0 Å². The number of carbonyl (C=O) groups is 1. The van der Waals surface area contributed by atoms with Crippen LogP contribution in [-0.4, -0.2) is 53.4 Å². The van der Waals surface area contributed by atoms with E-state index in [1.165, 1.54) is 5.56 Å². The van der Waals surface area contributed by atoms with Crippen molar-refractivity contribution in [3.8, 4) is 0 Å². The van der Waals surface area contributed by atoms with Gasteiger partial charge in [-0.25, -0.2) is 4.98 Å². The number of benzene rings is 1. The van der Waals surface area contributed by atoms with Crippen molar-refractivity contribution in [2.75, 3.05) is 38.0 Å². The molecule has 1 saturated heterocycles. The molecule has 0 atom stereocenters. The Labute approximate surface area is 162 Å². The van der Waals surface area contributed by atoms with E-state index < -0.39 is 0 Å². The van der Waals surface area contributed by atoms with Crippen molar-refractivity contribution in [3.63, 3.8) is 0 Å². The molecule has 1 aliphatic rings. The highest BCUT2D eigenvalue weighted by atomic mass is 16.2. The highest BCUT2D eigenvalue weighted by molar-refractivity contribution is 5.95. The fourth-order valence-corrected chi connectivity index (χ4v) is 3.28. The third-order valence-corrected chi connectivity index (χ3v) is 5.14. The number of hydrogen-bond donors (Lipinski definition) is 1. The van der Waals surface area contributed by atoms with Gasteiger partial charge in [-0.05, 0) is 41.8 Å². The van der Waals surface area contributed by atoms with E-state index >= 15 is 0 Å². The first-order valence-corrected chi connectivity index (χ1v) is 9.72. The first-order chi connectivity index (χ1) is 12.9. The van der Waals surface area contributed by atoms with Gasteiger partial charge in [-0.3, -0.25) is 4.79 Å². The van der Waals surface area contributed by atoms with Crippen LogP contribution >= 0.6 is 0 Å². The number of aromatic nitrogens is 1. The third-order valence-electron chi connectivity index (χ3n) is 5.14. The average Bonchev–Trinajstić information content (AvgIpc) is 2.67. The van der Waals surface area contributed by atoms with Crippen molar-refractivity contribution in [1.82, 2.24) is 14.8 Å².